The van der Waals surface area contributed by atoms with E-state index in [0.29, 0.717) is 11.9 Å². The minimum Gasteiger partial charge on any atom is -0.401 e. The summed E-state index contributed by atoms with van der Waals surface area (Å²) in [6.07, 6.45) is 0. The van der Waals surface area contributed by atoms with Crippen molar-refractivity contribution in [2.75, 3.05) is 6.61 Å². The fourth-order valence-electron chi connectivity index (χ4n) is 3.56. The number of amides is 2. The molecule has 9 heteroatoms. The van der Waals surface area contributed by atoms with Gasteiger partial charge in [-0.3, -0.25) is 14.3 Å². The van der Waals surface area contributed by atoms with Crippen LogP contribution in [0.4, 0.5) is 4.39 Å². The number of nitrogens with zero attached hydrogens (tertiary/aromatic N) is 2. The van der Waals surface area contributed by atoms with Gasteiger partial charge in [-0.25, -0.2) is 4.39 Å². The lowest BCUT2D eigenvalue weighted by Gasteiger charge is -2.31. The zero-order valence-electron chi connectivity index (χ0n) is 19.5. The second-order valence-electron chi connectivity index (χ2n) is 9.24. The summed E-state index contributed by atoms with van der Waals surface area (Å²) in [5, 5.41) is 20.0. The van der Waals surface area contributed by atoms with Crippen LogP contribution in [0.5, 0.6) is 0 Å². The molecule has 0 spiro atoms. The van der Waals surface area contributed by atoms with Gasteiger partial charge in [0.1, 0.15) is 11.9 Å². The minimum absolute atomic E-state index is 0.111. The normalized spacial score (nSPS) is 13.3. The highest BCUT2D eigenvalue weighted by Crippen LogP contribution is 2.23. The first-order chi connectivity index (χ1) is 16.0. The molecular weight excluding hydrogens is 437 g/mol. The second kappa shape index (κ2) is 10.0. The first kappa shape index (κ1) is 24.9. The molecule has 2 aromatic carbocycles. The van der Waals surface area contributed by atoms with Gasteiger partial charge in [0.05, 0.1) is 24.7 Å². The van der Waals surface area contributed by atoms with E-state index in [1.165, 1.54) is 12.1 Å². The van der Waals surface area contributed by atoms with Crippen LogP contribution in [0.15, 0.2) is 60.8 Å². The quantitative estimate of drug-likeness (QED) is 0.405. The zero-order chi connectivity index (χ0) is 25.0. The Bertz CT molecular complexity index is 1200. The van der Waals surface area contributed by atoms with Crippen LogP contribution in [0.2, 0.25) is 0 Å². The monoisotopic (exact) mass is 467 g/mol. The Morgan fingerprint density at radius 2 is 1.79 bits per heavy atom. The molecule has 34 heavy (non-hydrogen) atoms. The third-order valence-electron chi connectivity index (χ3n) is 5.47. The summed E-state index contributed by atoms with van der Waals surface area (Å²) in [7, 11) is 0. The number of aromatic nitrogens is 2. The van der Waals surface area contributed by atoms with Crippen molar-refractivity contribution < 1.29 is 19.1 Å². The van der Waals surface area contributed by atoms with Crippen molar-refractivity contribution in [3.63, 3.8) is 0 Å². The molecule has 3 aromatic rings. The largest absolute Gasteiger partial charge is 0.401 e. The summed E-state index contributed by atoms with van der Waals surface area (Å²) in [6, 6.07) is 11.6. The molecule has 0 radical (unpaired) electrons. The van der Waals surface area contributed by atoms with E-state index in [1.54, 1.807) is 28.9 Å². The standard InChI is InChI=1S/C25H30FN5O3/c1-15(27)19(14-32)28-24(34)22(25(2,3)4)29-23(33)21-18-7-5-6-8-20(18)31(30-21)13-16-9-11-17(26)12-10-16/h5-12,19,22,32H,1,13-14,27H2,2-4H3,(H,28,34)(H,29,33). The fourth-order valence-corrected chi connectivity index (χ4v) is 3.56. The predicted octanol–water partition coefficient (Wildman–Crippen LogP) is 2.32. The van der Waals surface area contributed by atoms with Crippen molar-refractivity contribution in [2.45, 2.75) is 39.4 Å². The highest BCUT2D eigenvalue weighted by Gasteiger charge is 2.35. The average Bonchev–Trinajstić information content (AvgIpc) is 3.14. The molecule has 1 aromatic heterocycles. The highest BCUT2D eigenvalue weighted by atomic mass is 19.1. The molecule has 0 aliphatic carbocycles. The van der Waals surface area contributed by atoms with Crippen molar-refractivity contribution in [2.24, 2.45) is 11.1 Å². The molecule has 2 amide bonds. The Hall–Kier alpha value is -3.72. The van der Waals surface area contributed by atoms with Crippen LogP contribution in [0, 0.1) is 11.2 Å². The summed E-state index contributed by atoms with van der Waals surface area (Å²) in [5.41, 5.74) is 6.83. The predicted molar refractivity (Wildman–Crippen MR) is 128 cm³/mol. The number of benzene rings is 2. The van der Waals surface area contributed by atoms with Crippen molar-refractivity contribution >= 4 is 22.7 Å². The maximum Gasteiger partial charge on any atom is 0.273 e. The summed E-state index contributed by atoms with van der Waals surface area (Å²) in [4.78, 5) is 26.3. The highest BCUT2D eigenvalue weighted by molar-refractivity contribution is 6.06. The number of para-hydroxylation sites is 1. The lowest BCUT2D eigenvalue weighted by Crippen LogP contribution is -2.56. The number of nitrogens with two attached hydrogens (primary N) is 1. The van der Waals surface area contributed by atoms with Crippen LogP contribution in [0.25, 0.3) is 10.9 Å². The molecule has 2 unspecified atom stereocenters. The molecule has 180 valence electrons. The van der Waals surface area contributed by atoms with E-state index < -0.39 is 35.9 Å². The number of aliphatic hydroxyl groups excluding tert-OH is 1. The van der Waals surface area contributed by atoms with E-state index in [1.807, 2.05) is 32.9 Å². The van der Waals surface area contributed by atoms with Gasteiger partial charge in [0, 0.05) is 11.1 Å². The molecule has 0 aliphatic heterocycles. The van der Waals surface area contributed by atoms with Gasteiger partial charge in [-0.2, -0.15) is 5.10 Å². The Morgan fingerprint density at radius 3 is 2.38 bits per heavy atom. The molecule has 8 nitrogen and oxygen atoms in total. The molecule has 1 heterocycles. The van der Waals surface area contributed by atoms with Gasteiger partial charge in [0.15, 0.2) is 5.69 Å². The van der Waals surface area contributed by atoms with Crippen molar-refractivity contribution in [1.82, 2.24) is 20.4 Å². The first-order valence-electron chi connectivity index (χ1n) is 10.9. The Morgan fingerprint density at radius 1 is 1.15 bits per heavy atom. The Balaban J connectivity index is 1.90. The van der Waals surface area contributed by atoms with E-state index in [-0.39, 0.29) is 17.2 Å². The molecular formula is C25H30FN5O3. The lowest BCUT2D eigenvalue weighted by atomic mass is 9.85. The summed E-state index contributed by atoms with van der Waals surface area (Å²) < 4.78 is 15.0. The molecule has 0 fully saturated rings. The van der Waals surface area contributed by atoms with E-state index in [0.717, 1.165) is 11.1 Å². The molecule has 3 rings (SSSR count). The van der Waals surface area contributed by atoms with Crippen LogP contribution >= 0.6 is 0 Å². The number of nitrogens with one attached hydrogen (secondary N) is 2. The number of hydrogen-bond donors (Lipinski definition) is 4. The molecule has 0 aliphatic rings. The van der Waals surface area contributed by atoms with Crippen molar-refractivity contribution in [3.8, 4) is 0 Å². The Kier molecular flexibility index (Phi) is 7.36. The molecule has 0 saturated carbocycles. The number of carbonyl (C=O) groups excluding carboxylic acids is 2. The number of halogens is 1. The molecule has 0 saturated heterocycles. The van der Waals surface area contributed by atoms with Crippen molar-refractivity contribution in [3.05, 3.63) is 77.9 Å². The third-order valence-corrected chi connectivity index (χ3v) is 5.47. The van der Waals surface area contributed by atoms with Gasteiger partial charge in [-0.15, -0.1) is 0 Å². The first-order valence-corrected chi connectivity index (χ1v) is 10.9. The third kappa shape index (κ3) is 5.60. The van der Waals surface area contributed by atoms with Crippen LogP contribution in [0.3, 0.4) is 0 Å². The van der Waals surface area contributed by atoms with Crippen molar-refractivity contribution in [1.29, 1.82) is 0 Å². The molecule has 5 N–H and O–H groups in total. The van der Waals surface area contributed by atoms with Gasteiger partial charge in [-0.05, 0) is 29.2 Å². The number of rotatable bonds is 8. The maximum atomic E-state index is 13.3. The number of hydrogen-bond acceptors (Lipinski definition) is 5. The van der Waals surface area contributed by atoms with Gasteiger partial charge in [-0.1, -0.05) is 57.7 Å². The van der Waals surface area contributed by atoms with E-state index in [9.17, 15) is 19.1 Å². The van der Waals surface area contributed by atoms with Crippen LogP contribution < -0.4 is 16.4 Å². The second-order valence-corrected chi connectivity index (χ2v) is 9.24. The van der Waals surface area contributed by atoms with E-state index in [2.05, 4.69) is 22.3 Å². The Labute approximate surface area is 197 Å². The number of fused-ring (bicyclic) bond motifs is 1. The van der Waals surface area contributed by atoms with E-state index >= 15 is 0 Å². The number of carbonyl (C=O) groups is 2. The average molecular weight is 468 g/mol. The van der Waals surface area contributed by atoms with Crippen LogP contribution in [-0.2, 0) is 11.3 Å². The van der Waals surface area contributed by atoms with Gasteiger partial charge < -0.3 is 21.5 Å². The SMILES string of the molecule is C=C(N)C(CO)NC(=O)C(NC(=O)c1nn(Cc2ccc(F)cc2)c2ccccc12)C(C)(C)C. The zero-order valence-corrected chi connectivity index (χ0v) is 19.5. The lowest BCUT2D eigenvalue weighted by molar-refractivity contribution is -0.126. The minimum atomic E-state index is -0.936. The smallest absolute Gasteiger partial charge is 0.273 e. The summed E-state index contributed by atoms with van der Waals surface area (Å²) in [5.74, 6) is -1.35. The number of aliphatic hydroxyl groups is 1. The molecule has 2 atom stereocenters. The van der Waals surface area contributed by atoms with E-state index in [4.69, 9.17) is 5.73 Å². The summed E-state index contributed by atoms with van der Waals surface area (Å²) >= 11 is 0. The fraction of sp³-hybridized carbons (Fsp3) is 0.320. The van der Waals surface area contributed by atoms with Gasteiger partial charge in [0.25, 0.3) is 5.91 Å². The maximum absolute atomic E-state index is 13.3. The van der Waals surface area contributed by atoms with Crippen LogP contribution in [-0.4, -0.2) is 45.4 Å². The molecule has 0 bridgehead atoms. The topological polar surface area (TPSA) is 122 Å². The van der Waals surface area contributed by atoms with Gasteiger partial charge >= 0.3 is 0 Å². The summed E-state index contributed by atoms with van der Waals surface area (Å²) in [6.45, 7) is 8.94. The van der Waals surface area contributed by atoms with Crippen LogP contribution in [0.1, 0.15) is 36.8 Å². The van der Waals surface area contributed by atoms with Gasteiger partial charge in [0.2, 0.25) is 5.91 Å².